The van der Waals surface area contributed by atoms with Crippen LogP contribution in [0.5, 0.6) is 5.75 Å². The van der Waals surface area contributed by atoms with E-state index in [1.54, 1.807) is 6.07 Å². The van der Waals surface area contributed by atoms with E-state index in [-0.39, 0.29) is 55.6 Å². The maximum Gasteiger partial charge on any atom is 0.250 e. The highest BCUT2D eigenvalue weighted by molar-refractivity contribution is 5.92. The van der Waals surface area contributed by atoms with E-state index in [2.05, 4.69) is 10.6 Å². The smallest absolute Gasteiger partial charge is 0.250 e. The lowest BCUT2D eigenvalue weighted by Crippen LogP contribution is -2.47. The van der Waals surface area contributed by atoms with Crippen molar-refractivity contribution in [2.24, 2.45) is 0 Å². The Morgan fingerprint density at radius 3 is 2.70 bits per heavy atom. The normalized spacial score (nSPS) is 24.2. The van der Waals surface area contributed by atoms with Gasteiger partial charge in [-0.1, -0.05) is 30.3 Å². The molecule has 0 saturated carbocycles. The molecule has 8 heteroatoms. The van der Waals surface area contributed by atoms with E-state index in [0.717, 1.165) is 11.1 Å². The highest BCUT2D eigenvalue weighted by Gasteiger charge is 2.46. The number of carbonyl (C=O) groups is 2. The number of anilines is 1. The van der Waals surface area contributed by atoms with Crippen LogP contribution in [0, 0.1) is 0 Å². The quantitative estimate of drug-likeness (QED) is 0.566. The first-order chi connectivity index (χ1) is 16.0. The Hall–Kier alpha value is -2.94. The molecule has 0 spiro atoms. The standard InChI is InChI=1S/C25H30N2O6/c1-15(16-6-4-3-5-7-16)26-23(29)12-18-11-20-19-10-17(27-24(30)14-31-2)8-9-21(19)33-25(20)22(13-28)32-18/h3-10,15,18,20,22,25,28H,11-14H2,1-2H3,(H,26,29)(H,27,30)/t15-,18-,20-,22-,25+/m1/s1. The lowest BCUT2D eigenvalue weighted by atomic mass is 9.84. The van der Waals surface area contributed by atoms with Crippen LogP contribution in [0.3, 0.4) is 0 Å². The monoisotopic (exact) mass is 454 g/mol. The first-order valence-electron chi connectivity index (χ1n) is 11.2. The summed E-state index contributed by atoms with van der Waals surface area (Å²) < 4.78 is 17.0. The minimum absolute atomic E-state index is 0.0291. The number of rotatable bonds is 8. The van der Waals surface area contributed by atoms with Crippen LogP contribution in [-0.2, 0) is 19.1 Å². The van der Waals surface area contributed by atoms with Crippen molar-refractivity contribution in [1.29, 1.82) is 0 Å². The number of hydrogen-bond acceptors (Lipinski definition) is 6. The van der Waals surface area contributed by atoms with Gasteiger partial charge in [0.25, 0.3) is 0 Å². The third-order valence-electron chi connectivity index (χ3n) is 6.15. The molecule has 2 aromatic rings. The Morgan fingerprint density at radius 1 is 1.18 bits per heavy atom. The Balaban J connectivity index is 1.44. The predicted molar refractivity (Wildman–Crippen MR) is 122 cm³/mol. The van der Waals surface area contributed by atoms with Crippen molar-refractivity contribution >= 4 is 17.5 Å². The van der Waals surface area contributed by atoms with Crippen molar-refractivity contribution in [3.8, 4) is 5.75 Å². The molecule has 0 bridgehead atoms. The lowest BCUT2D eigenvalue weighted by Gasteiger charge is -2.37. The molecule has 1 fully saturated rings. The summed E-state index contributed by atoms with van der Waals surface area (Å²) in [5.41, 5.74) is 2.63. The molecule has 3 N–H and O–H groups in total. The second kappa shape index (κ2) is 10.3. The number of aliphatic hydroxyl groups is 1. The molecule has 0 radical (unpaired) electrons. The Labute approximate surface area is 193 Å². The Bertz CT molecular complexity index is 982. The number of ether oxygens (including phenoxy) is 3. The van der Waals surface area contributed by atoms with Gasteiger partial charge in [0, 0.05) is 24.3 Å². The molecule has 4 rings (SSSR count). The van der Waals surface area contributed by atoms with Gasteiger partial charge in [-0.2, -0.15) is 0 Å². The van der Waals surface area contributed by atoms with Crippen molar-refractivity contribution in [1.82, 2.24) is 5.32 Å². The van der Waals surface area contributed by atoms with Crippen LogP contribution >= 0.6 is 0 Å². The van der Waals surface area contributed by atoms with Gasteiger partial charge >= 0.3 is 0 Å². The number of carbonyl (C=O) groups excluding carboxylic acids is 2. The SMILES string of the molecule is COCC(=O)Nc1ccc2c(c1)[C@H]1C[C@H](CC(=O)N[C@H](C)c3ccccc3)O[C@H](CO)[C@H]1O2. The molecule has 1 saturated heterocycles. The van der Waals surface area contributed by atoms with Crippen LogP contribution in [0.1, 0.15) is 42.9 Å². The van der Waals surface area contributed by atoms with E-state index in [9.17, 15) is 14.7 Å². The van der Waals surface area contributed by atoms with Crippen LogP contribution in [-0.4, -0.2) is 55.6 Å². The number of methoxy groups -OCH3 is 1. The third kappa shape index (κ3) is 5.35. The maximum absolute atomic E-state index is 12.7. The van der Waals surface area contributed by atoms with E-state index in [1.165, 1.54) is 7.11 Å². The van der Waals surface area contributed by atoms with Gasteiger partial charge in [-0.15, -0.1) is 0 Å². The van der Waals surface area contributed by atoms with Gasteiger partial charge in [0.2, 0.25) is 11.8 Å². The van der Waals surface area contributed by atoms with Crippen molar-refractivity contribution in [2.75, 3.05) is 25.6 Å². The van der Waals surface area contributed by atoms with Crippen molar-refractivity contribution < 1.29 is 28.9 Å². The first kappa shape index (κ1) is 23.2. The van der Waals surface area contributed by atoms with Gasteiger partial charge in [-0.25, -0.2) is 0 Å². The van der Waals surface area contributed by atoms with Gasteiger partial charge in [-0.05, 0) is 37.1 Å². The number of nitrogens with one attached hydrogen (secondary N) is 2. The Kier molecular flexibility index (Phi) is 7.27. The number of hydrogen-bond donors (Lipinski definition) is 3. The number of benzene rings is 2. The molecule has 2 aliphatic rings. The van der Waals surface area contributed by atoms with E-state index < -0.39 is 6.10 Å². The summed E-state index contributed by atoms with van der Waals surface area (Å²) in [7, 11) is 1.47. The van der Waals surface area contributed by atoms with E-state index in [1.807, 2.05) is 49.4 Å². The molecular weight excluding hydrogens is 424 g/mol. The number of aliphatic hydroxyl groups excluding tert-OH is 1. The molecule has 33 heavy (non-hydrogen) atoms. The molecule has 2 aliphatic heterocycles. The largest absolute Gasteiger partial charge is 0.487 e. The van der Waals surface area contributed by atoms with Crippen LogP contribution in [0.25, 0.3) is 0 Å². The number of amides is 2. The minimum atomic E-state index is -0.535. The summed E-state index contributed by atoms with van der Waals surface area (Å²) in [5, 5.41) is 15.8. The molecule has 5 atom stereocenters. The summed E-state index contributed by atoms with van der Waals surface area (Å²) in [6.07, 6.45) is -0.454. The maximum atomic E-state index is 12.7. The van der Waals surface area contributed by atoms with Gasteiger partial charge < -0.3 is 30.0 Å². The van der Waals surface area contributed by atoms with Gasteiger partial charge in [0.05, 0.1) is 25.2 Å². The summed E-state index contributed by atoms with van der Waals surface area (Å²) in [6.45, 7) is 1.71. The fourth-order valence-corrected chi connectivity index (χ4v) is 4.63. The van der Waals surface area contributed by atoms with Crippen molar-refractivity contribution in [3.05, 3.63) is 59.7 Å². The Morgan fingerprint density at radius 2 is 1.97 bits per heavy atom. The summed E-state index contributed by atoms with van der Waals surface area (Å²) in [4.78, 5) is 24.6. The average Bonchev–Trinajstić information content (AvgIpc) is 3.17. The molecular formula is C25H30N2O6. The van der Waals surface area contributed by atoms with Crippen LogP contribution in [0.4, 0.5) is 5.69 Å². The molecule has 2 aromatic carbocycles. The second-order valence-corrected chi connectivity index (χ2v) is 8.54. The number of fused-ring (bicyclic) bond motifs is 3. The molecule has 0 unspecified atom stereocenters. The third-order valence-corrected chi connectivity index (χ3v) is 6.15. The average molecular weight is 455 g/mol. The fraction of sp³-hybridized carbons (Fsp3) is 0.440. The fourth-order valence-electron chi connectivity index (χ4n) is 4.63. The highest BCUT2D eigenvalue weighted by Crippen LogP contribution is 2.47. The zero-order valence-corrected chi connectivity index (χ0v) is 18.8. The molecule has 2 amide bonds. The van der Waals surface area contributed by atoms with Crippen molar-refractivity contribution in [3.63, 3.8) is 0 Å². The second-order valence-electron chi connectivity index (χ2n) is 8.54. The first-order valence-corrected chi connectivity index (χ1v) is 11.2. The predicted octanol–water partition coefficient (Wildman–Crippen LogP) is 2.53. The van der Waals surface area contributed by atoms with Gasteiger partial charge in [0.15, 0.2) is 0 Å². The minimum Gasteiger partial charge on any atom is -0.487 e. The molecule has 0 aromatic heterocycles. The van der Waals surface area contributed by atoms with E-state index >= 15 is 0 Å². The van der Waals surface area contributed by atoms with Gasteiger partial charge in [0.1, 0.15) is 24.6 Å². The van der Waals surface area contributed by atoms with Crippen LogP contribution in [0.15, 0.2) is 48.5 Å². The zero-order valence-electron chi connectivity index (χ0n) is 18.8. The summed E-state index contributed by atoms with van der Waals surface area (Å²) >= 11 is 0. The lowest BCUT2D eigenvalue weighted by molar-refractivity contribution is -0.142. The molecule has 8 nitrogen and oxygen atoms in total. The van der Waals surface area contributed by atoms with Gasteiger partial charge in [-0.3, -0.25) is 9.59 Å². The molecule has 0 aliphatic carbocycles. The molecule has 176 valence electrons. The summed E-state index contributed by atoms with van der Waals surface area (Å²) in [6, 6.07) is 15.1. The summed E-state index contributed by atoms with van der Waals surface area (Å²) in [5.74, 6) is 0.315. The van der Waals surface area contributed by atoms with Crippen molar-refractivity contribution in [2.45, 2.75) is 50.0 Å². The van der Waals surface area contributed by atoms with E-state index in [4.69, 9.17) is 14.2 Å². The molecule has 2 heterocycles. The van der Waals surface area contributed by atoms with Crippen LogP contribution < -0.4 is 15.4 Å². The highest BCUT2D eigenvalue weighted by atomic mass is 16.6. The zero-order chi connectivity index (χ0) is 23.4. The topological polar surface area (TPSA) is 106 Å². The van der Waals surface area contributed by atoms with E-state index in [0.29, 0.717) is 17.9 Å². The van der Waals surface area contributed by atoms with Crippen LogP contribution in [0.2, 0.25) is 0 Å².